The Morgan fingerprint density at radius 3 is 2.59 bits per heavy atom. The van der Waals surface area contributed by atoms with E-state index in [2.05, 4.69) is 15.3 Å². The summed E-state index contributed by atoms with van der Waals surface area (Å²) in [5.41, 5.74) is -4.44. The summed E-state index contributed by atoms with van der Waals surface area (Å²) in [7, 11) is -5.39. The van der Waals surface area contributed by atoms with Crippen LogP contribution in [0.4, 0.5) is 24.8 Å². The molecule has 0 radical (unpaired) electrons. The van der Waals surface area contributed by atoms with Crippen LogP contribution in [0, 0.1) is 11.3 Å². The van der Waals surface area contributed by atoms with Crippen LogP contribution in [-0.2, 0) is 22.0 Å². The van der Waals surface area contributed by atoms with E-state index >= 15 is 0 Å². The molecule has 0 aliphatic heterocycles. The van der Waals surface area contributed by atoms with Crippen molar-refractivity contribution in [3.8, 4) is 6.07 Å². The number of nitrogens with zero attached hydrogens (tertiary/aromatic N) is 3. The zero-order chi connectivity index (χ0) is 21.2. The number of ketones is 1. The lowest BCUT2D eigenvalue weighted by Crippen LogP contribution is -2.24. The van der Waals surface area contributed by atoms with Crippen molar-refractivity contribution in [1.29, 1.82) is 5.26 Å². The number of anilines is 2. The van der Waals surface area contributed by atoms with E-state index in [1.165, 1.54) is 18.3 Å². The molecule has 1 heterocycles. The fourth-order valence-corrected chi connectivity index (χ4v) is 3.73. The molecule has 1 aromatic carbocycles. The van der Waals surface area contributed by atoms with Crippen molar-refractivity contribution in [1.82, 2.24) is 9.97 Å². The van der Waals surface area contributed by atoms with E-state index in [1.54, 1.807) is 6.07 Å². The molecule has 152 valence electrons. The summed E-state index contributed by atoms with van der Waals surface area (Å²) in [6, 6.07) is 5.38. The molecule has 29 heavy (non-hydrogen) atoms. The monoisotopic (exact) mass is 424 g/mol. The van der Waals surface area contributed by atoms with Crippen LogP contribution < -0.4 is 5.32 Å². The molecule has 0 unspecified atom stereocenters. The summed E-state index contributed by atoms with van der Waals surface area (Å²) in [4.78, 5) is 20.4. The molecule has 2 aromatic rings. The summed E-state index contributed by atoms with van der Waals surface area (Å²) >= 11 is 0. The third kappa shape index (κ3) is 4.71. The number of hydrogen-bond acceptors (Lipinski definition) is 7. The van der Waals surface area contributed by atoms with Gasteiger partial charge in [0.15, 0.2) is 5.78 Å². The van der Waals surface area contributed by atoms with Crippen LogP contribution in [0.25, 0.3) is 0 Å². The van der Waals surface area contributed by atoms with Crippen molar-refractivity contribution in [3.63, 3.8) is 0 Å². The minimum atomic E-state index is -5.39. The lowest BCUT2D eigenvalue weighted by atomic mass is 10.1. The predicted molar refractivity (Wildman–Crippen MR) is 97.0 cm³/mol. The van der Waals surface area contributed by atoms with E-state index in [9.17, 15) is 26.4 Å². The van der Waals surface area contributed by atoms with E-state index in [0.717, 1.165) is 18.9 Å². The van der Waals surface area contributed by atoms with Crippen molar-refractivity contribution < 1.29 is 26.4 Å². The van der Waals surface area contributed by atoms with Crippen LogP contribution in [0.1, 0.15) is 46.4 Å². The summed E-state index contributed by atoms with van der Waals surface area (Å²) in [6.45, 7) is 0. The average Bonchev–Trinajstić information content (AvgIpc) is 2.81. The first-order valence-corrected chi connectivity index (χ1v) is 10.2. The summed E-state index contributed by atoms with van der Waals surface area (Å²) in [5, 5.41) is 11.9. The molecule has 0 saturated heterocycles. The highest BCUT2D eigenvalue weighted by molar-refractivity contribution is 7.91. The Balaban J connectivity index is 1.91. The quantitative estimate of drug-likeness (QED) is 0.748. The first kappa shape index (κ1) is 20.7. The maximum absolute atomic E-state index is 12.7. The second-order valence-corrected chi connectivity index (χ2v) is 8.53. The molecule has 11 heteroatoms. The smallest absolute Gasteiger partial charge is 0.324 e. The van der Waals surface area contributed by atoms with Gasteiger partial charge in [-0.15, -0.1) is 0 Å². The van der Waals surface area contributed by atoms with Gasteiger partial charge in [-0.3, -0.25) is 4.79 Å². The van der Waals surface area contributed by atoms with Gasteiger partial charge >= 0.3 is 5.51 Å². The van der Waals surface area contributed by atoms with Crippen molar-refractivity contribution in [3.05, 3.63) is 46.8 Å². The minimum absolute atomic E-state index is 0.0210. The van der Waals surface area contributed by atoms with Gasteiger partial charge in [0.05, 0.1) is 28.6 Å². The normalized spacial score (nSPS) is 14.6. The number of alkyl halides is 3. The highest BCUT2D eigenvalue weighted by Gasteiger charge is 2.45. The Labute approximate surface area is 164 Å². The molecule has 1 aliphatic carbocycles. The molecule has 1 aliphatic rings. The zero-order valence-corrected chi connectivity index (χ0v) is 15.8. The molecule has 0 bridgehead atoms. The van der Waals surface area contributed by atoms with Crippen molar-refractivity contribution >= 4 is 27.3 Å². The maximum atomic E-state index is 12.7. The van der Waals surface area contributed by atoms with Crippen LogP contribution in [0.15, 0.2) is 24.4 Å². The fraction of sp³-hybridized carbons (Fsp3) is 0.333. The molecule has 1 aromatic heterocycles. The average molecular weight is 424 g/mol. The SMILES string of the molecule is N#Cc1cc(CS(=O)(=O)C(F)(F)F)cc(Nc2ncc3c(n2)CCCCC3=O)c1. The third-order valence-electron chi connectivity index (χ3n) is 4.32. The largest absolute Gasteiger partial charge is 0.497 e. The predicted octanol–water partition coefficient (Wildman–Crippen LogP) is 3.44. The number of hydrogen-bond donors (Lipinski definition) is 1. The van der Waals surface area contributed by atoms with E-state index < -0.39 is 21.1 Å². The summed E-state index contributed by atoms with van der Waals surface area (Å²) in [6.07, 6.45) is 3.94. The van der Waals surface area contributed by atoms with E-state index in [4.69, 9.17) is 5.26 Å². The van der Waals surface area contributed by atoms with Gasteiger partial charge in [-0.2, -0.15) is 18.4 Å². The lowest BCUT2D eigenvalue weighted by molar-refractivity contribution is -0.0437. The van der Waals surface area contributed by atoms with Gasteiger partial charge < -0.3 is 5.32 Å². The number of halogens is 3. The molecule has 0 amide bonds. The number of carbonyl (C=O) groups excluding carboxylic acids is 1. The Morgan fingerprint density at radius 2 is 1.90 bits per heavy atom. The second kappa shape index (κ2) is 7.79. The van der Waals surface area contributed by atoms with Gasteiger partial charge in [-0.05, 0) is 43.0 Å². The summed E-state index contributed by atoms with van der Waals surface area (Å²) in [5.74, 6) is -1.24. The fourth-order valence-electron chi connectivity index (χ4n) is 2.96. The number of aryl methyl sites for hydroxylation is 1. The molecule has 1 N–H and O–H groups in total. The molecule has 0 spiro atoms. The van der Waals surface area contributed by atoms with Crippen molar-refractivity contribution in [2.24, 2.45) is 0 Å². The second-order valence-electron chi connectivity index (χ2n) is 6.54. The van der Waals surface area contributed by atoms with Gasteiger partial charge in [0.2, 0.25) is 5.95 Å². The van der Waals surface area contributed by atoms with E-state index in [-0.39, 0.29) is 28.5 Å². The minimum Gasteiger partial charge on any atom is -0.324 e. The van der Waals surface area contributed by atoms with Crippen LogP contribution in [0.3, 0.4) is 0 Å². The Bertz CT molecular complexity index is 1110. The van der Waals surface area contributed by atoms with Gasteiger partial charge in [0, 0.05) is 18.3 Å². The lowest BCUT2D eigenvalue weighted by Gasteiger charge is -2.12. The Kier molecular flexibility index (Phi) is 5.57. The Morgan fingerprint density at radius 1 is 1.17 bits per heavy atom. The number of sulfone groups is 1. The topological polar surface area (TPSA) is 113 Å². The van der Waals surface area contributed by atoms with E-state index in [0.29, 0.717) is 24.1 Å². The van der Waals surface area contributed by atoms with Crippen molar-refractivity contribution in [2.75, 3.05) is 5.32 Å². The number of aromatic nitrogens is 2. The standard InChI is InChI=1S/C18H15F3N4O3S/c19-18(20,21)29(27,28)10-12-5-11(8-22)6-13(7-12)24-17-23-9-14-15(25-17)3-1-2-4-16(14)26/h5-7,9H,1-4,10H2,(H,23,24,25). The maximum Gasteiger partial charge on any atom is 0.497 e. The van der Waals surface area contributed by atoms with Crippen molar-refractivity contribution in [2.45, 2.75) is 36.9 Å². The molecule has 7 nitrogen and oxygen atoms in total. The van der Waals surface area contributed by atoms with Gasteiger partial charge in [-0.1, -0.05) is 0 Å². The molecule has 0 saturated carbocycles. The third-order valence-corrected chi connectivity index (χ3v) is 5.74. The molecule has 0 atom stereocenters. The number of nitrogens with one attached hydrogen (secondary N) is 1. The number of fused-ring (bicyclic) bond motifs is 1. The summed E-state index contributed by atoms with van der Waals surface area (Å²) < 4.78 is 60.8. The van der Waals surface area contributed by atoms with Crippen LogP contribution in [0.2, 0.25) is 0 Å². The van der Waals surface area contributed by atoms with Gasteiger partial charge in [-0.25, -0.2) is 18.4 Å². The molecule has 3 rings (SSSR count). The molecular formula is C18H15F3N4O3S. The van der Waals surface area contributed by atoms with E-state index in [1.807, 2.05) is 0 Å². The number of nitriles is 1. The number of rotatable bonds is 4. The highest BCUT2D eigenvalue weighted by atomic mass is 32.2. The first-order chi connectivity index (χ1) is 13.6. The van der Waals surface area contributed by atoms with Crippen LogP contribution >= 0.6 is 0 Å². The molecular weight excluding hydrogens is 409 g/mol. The van der Waals surface area contributed by atoms with Crippen LogP contribution in [-0.4, -0.2) is 29.7 Å². The van der Waals surface area contributed by atoms with Crippen LogP contribution in [0.5, 0.6) is 0 Å². The first-order valence-electron chi connectivity index (χ1n) is 8.58. The number of Topliss-reactive ketones (excluding diaryl/α,β-unsaturated/α-hetero) is 1. The zero-order valence-electron chi connectivity index (χ0n) is 15.0. The Hall–Kier alpha value is -3.00. The highest BCUT2D eigenvalue weighted by Crippen LogP contribution is 2.28. The van der Waals surface area contributed by atoms with Gasteiger partial charge in [0.25, 0.3) is 9.84 Å². The molecule has 0 fully saturated rings. The van der Waals surface area contributed by atoms with Gasteiger partial charge in [0.1, 0.15) is 0 Å². The number of benzene rings is 1. The number of carbonyl (C=O) groups is 1.